The maximum absolute atomic E-state index is 12.8. The molecule has 7 heteroatoms. The number of rotatable bonds is 4. The Morgan fingerprint density at radius 2 is 2.05 bits per heavy atom. The Hall–Kier alpha value is -0.940. The van der Waals surface area contributed by atoms with E-state index in [4.69, 9.17) is 5.26 Å². The average Bonchev–Trinajstić information content (AvgIpc) is 3.06. The fraction of sp³-hybridized carbons (Fsp3) is 0.643. The first-order valence-electron chi connectivity index (χ1n) is 7.32. The van der Waals surface area contributed by atoms with Crippen LogP contribution in [-0.2, 0) is 10.0 Å². The van der Waals surface area contributed by atoms with Crippen LogP contribution in [0.25, 0.3) is 0 Å². The number of nitriles is 1. The van der Waals surface area contributed by atoms with Crippen LogP contribution in [0.15, 0.2) is 16.3 Å². The van der Waals surface area contributed by atoms with Crippen LogP contribution < -0.4 is 5.32 Å². The Balaban J connectivity index is 1.86. The van der Waals surface area contributed by atoms with Gasteiger partial charge < -0.3 is 5.32 Å². The normalized spacial score (nSPS) is 28.7. The maximum Gasteiger partial charge on any atom is 0.252 e. The second-order valence-electron chi connectivity index (χ2n) is 5.70. The number of thiophene rings is 1. The molecule has 2 aliphatic rings. The van der Waals surface area contributed by atoms with Crippen molar-refractivity contribution in [1.29, 1.82) is 5.26 Å². The van der Waals surface area contributed by atoms with E-state index in [0.717, 1.165) is 37.0 Å². The molecule has 2 atom stereocenters. The molecule has 0 saturated carbocycles. The van der Waals surface area contributed by atoms with Crippen LogP contribution in [0.5, 0.6) is 0 Å². The Kier molecular flexibility index (Phi) is 4.06. The van der Waals surface area contributed by atoms with Crippen molar-refractivity contribution in [3.05, 3.63) is 17.0 Å². The third kappa shape index (κ3) is 2.73. The molecule has 2 unspecified atom stereocenters. The smallest absolute Gasteiger partial charge is 0.252 e. The molecule has 0 radical (unpaired) electrons. The molecule has 0 amide bonds. The summed E-state index contributed by atoms with van der Waals surface area (Å²) in [6.45, 7) is 2.37. The summed E-state index contributed by atoms with van der Waals surface area (Å²) >= 11 is 1.06. The van der Waals surface area contributed by atoms with Gasteiger partial charge in [0.2, 0.25) is 0 Å². The van der Waals surface area contributed by atoms with Crippen LogP contribution in [0.3, 0.4) is 0 Å². The van der Waals surface area contributed by atoms with Crippen molar-refractivity contribution in [3.8, 4) is 6.07 Å². The fourth-order valence-corrected chi connectivity index (χ4v) is 6.41. The molecule has 3 rings (SSSR count). The first-order chi connectivity index (χ1) is 10.0. The van der Waals surface area contributed by atoms with Crippen molar-refractivity contribution >= 4 is 21.4 Å². The highest BCUT2D eigenvalue weighted by atomic mass is 32.2. The number of fused-ring (bicyclic) bond motifs is 2. The first kappa shape index (κ1) is 15.0. The topological polar surface area (TPSA) is 73.2 Å². The summed E-state index contributed by atoms with van der Waals surface area (Å²) < 4.78 is 27.6. The number of sulfonamides is 1. The van der Waals surface area contributed by atoms with Crippen LogP contribution in [0.1, 0.15) is 37.5 Å². The molecule has 1 aromatic rings. The van der Waals surface area contributed by atoms with E-state index in [1.54, 1.807) is 16.4 Å². The Bertz CT molecular complexity index is 650. The predicted molar refractivity (Wildman–Crippen MR) is 81.6 cm³/mol. The van der Waals surface area contributed by atoms with Gasteiger partial charge in [0.15, 0.2) is 0 Å². The standard InChI is InChI=1S/C14H19N3O2S2/c1-2-17(12-7-10-3-4-11(8-12)16-10)21(18,19)14-6-5-13(9-15)20-14/h5-6,10-12,16H,2-4,7-8H2,1H3. The lowest BCUT2D eigenvalue weighted by Crippen LogP contribution is -2.49. The highest BCUT2D eigenvalue weighted by Gasteiger charge is 2.40. The minimum absolute atomic E-state index is 0.0754. The third-order valence-electron chi connectivity index (χ3n) is 4.42. The van der Waals surface area contributed by atoms with Gasteiger partial charge in [0.25, 0.3) is 10.0 Å². The van der Waals surface area contributed by atoms with Gasteiger partial charge in [0, 0.05) is 24.7 Å². The summed E-state index contributed by atoms with van der Waals surface area (Å²) in [5.41, 5.74) is 0. The monoisotopic (exact) mass is 325 g/mol. The molecule has 1 N–H and O–H groups in total. The van der Waals surface area contributed by atoms with E-state index in [-0.39, 0.29) is 10.3 Å². The minimum atomic E-state index is -3.49. The summed E-state index contributed by atoms with van der Waals surface area (Å²) in [7, 11) is -3.49. The fourth-order valence-electron chi connectivity index (χ4n) is 3.52. The van der Waals surface area contributed by atoms with Crippen molar-refractivity contribution < 1.29 is 8.42 Å². The van der Waals surface area contributed by atoms with E-state index in [1.165, 1.54) is 0 Å². The summed E-state index contributed by atoms with van der Waals surface area (Å²) in [4.78, 5) is 0.440. The molecule has 21 heavy (non-hydrogen) atoms. The van der Waals surface area contributed by atoms with Gasteiger partial charge in [-0.1, -0.05) is 6.92 Å². The molecule has 0 spiro atoms. The predicted octanol–water partition coefficient (Wildman–Crippen LogP) is 1.91. The summed E-state index contributed by atoms with van der Waals surface area (Å²) in [6.07, 6.45) is 4.08. The number of hydrogen-bond donors (Lipinski definition) is 1. The molecule has 3 heterocycles. The van der Waals surface area contributed by atoms with Gasteiger partial charge in [-0.25, -0.2) is 8.42 Å². The van der Waals surface area contributed by atoms with Crippen LogP contribution in [0, 0.1) is 11.3 Å². The highest BCUT2D eigenvalue weighted by molar-refractivity contribution is 7.91. The van der Waals surface area contributed by atoms with Crippen LogP contribution in [0.2, 0.25) is 0 Å². The SMILES string of the molecule is CCN(C1CC2CCC(C1)N2)S(=O)(=O)c1ccc(C#N)s1. The van der Waals surface area contributed by atoms with Crippen LogP contribution >= 0.6 is 11.3 Å². The van der Waals surface area contributed by atoms with E-state index in [0.29, 0.717) is 23.5 Å². The highest BCUT2D eigenvalue weighted by Crippen LogP contribution is 2.33. The number of piperidine rings is 1. The molecular formula is C14H19N3O2S2. The molecule has 2 fully saturated rings. The number of nitrogens with one attached hydrogen (secondary N) is 1. The summed E-state index contributed by atoms with van der Waals surface area (Å²) in [5, 5.41) is 12.4. The first-order valence-corrected chi connectivity index (χ1v) is 9.58. The largest absolute Gasteiger partial charge is 0.311 e. The zero-order chi connectivity index (χ0) is 15.0. The van der Waals surface area contributed by atoms with Gasteiger partial charge in [-0.3, -0.25) is 0 Å². The van der Waals surface area contributed by atoms with Crippen molar-refractivity contribution in [2.45, 2.75) is 54.9 Å². The van der Waals surface area contributed by atoms with Crippen molar-refractivity contribution in [2.24, 2.45) is 0 Å². The molecule has 2 aliphatic heterocycles. The molecule has 2 bridgehead atoms. The lowest BCUT2D eigenvalue weighted by Gasteiger charge is -2.36. The number of hydrogen-bond acceptors (Lipinski definition) is 5. The lowest BCUT2D eigenvalue weighted by atomic mass is 10.00. The van der Waals surface area contributed by atoms with Crippen molar-refractivity contribution in [3.63, 3.8) is 0 Å². The lowest BCUT2D eigenvalue weighted by molar-refractivity contribution is 0.232. The Morgan fingerprint density at radius 3 is 2.57 bits per heavy atom. The van der Waals surface area contributed by atoms with Crippen molar-refractivity contribution in [2.75, 3.05) is 6.54 Å². The quantitative estimate of drug-likeness (QED) is 0.918. The molecule has 0 aliphatic carbocycles. The van der Waals surface area contributed by atoms with Gasteiger partial charge in [-0.15, -0.1) is 11.3 Å². The van der Waals surface area contributed by atoms with Gasteiger partial charge in [-0.05, 0) is 37.8 Å². The Morgan fingerprint density at radius 1 is 1.38 bits per heavy atom. The minimum Gasteiger partial charge on any atom is -0.311 e. The van der Waals surface area contributed by atoms with Crippen LogP contribution in [0.4, 0.5) is 0 Å². The van der Waals surface area contributed by atoms with E-state index in [9.17, 15) is 8.42 Å². The van der Waals surface area contributed by atoms with Gasteiger partial charge in [0.05, 0.1) is 0 Å². The molecule has 5 nitrogen and oxygen atoms in total. The van der Waals surface area contributed by atoms with Crippen molar-refractivity contribution in [1.82, 2.24) is 9.62 Å². The second kappa shape index (κ2) is 5.69. The van der Waals surface area contributed by atoms with Gasteiger partial charge >= 0.3 is 0 Å². The van der Waals surface area contributed by atoms with Gasteiger partial charge in [-0.2, -0.15) is 9.57 Å². The molecular weight excluding hydrogens is 306 g/mol. The van der Waals surface area contributed by atoms with E-state index in [1.807, 2.05) is 13.0 Å². The zero-order valence-electron chi connectivity index (χ0n) is 11.9. The molecule has 2 saturated heterocycles. The van der Waals surface area contributed by atoms with Gasteiger partial charge in [0.1, 0.15) is 15.2 Å². The summed E-state index contributed by atoms with van der Waals surface area (Å²) in [5.74, 6) is 0. The second-order valence-corrected chi connectivity index (χ2v) is 8.90. The Labute approximate surface area is 129 Å². The molecule has 0 aromatic carbocycles. The third-order valence-corrected chi connectivity index (χ3v) is 7.91. The van der Waals surface area contributed by atoms with E-state index in [2.05, 4.69) is 5.32 Å². The molecule has 1 aromatic heterocycles. The zero-order valence-corrected chi connectivity index (χ0v) is 13.6. The molecule has 114 valence electrons. The average molecular weight is 325 g/mol. The van der Waals surface area contributed by atoms with E-state index < -0.39 is 10.0 Å². The van der Waals surface area contributed by atoms with Crippen LogP contribution in [-0.4, -0.2) is 37.4 Å². The maximum atomic E-state index is 12.8. The number of nitrogens with zero attached hydrogens (tertiary/aromatic N) is 2. The summed E-state index contributed by atoms with van der Waals surface area (Å²) in [6, 6.07) is 6.12. The van der Waals surface area contributed by atoms with E-state index >= 15 is 0 Å².